The molecule has 2 aromatic rings. The molecule has 2 amide bonds. The molecule has 0 saturated carbocycles. The van der Waals surface area contributed by atoms with E-state index in [9.17, 15) is 9.59 Å². The quantitative estimate of drug-likeness (QED) is 0.774. The fourth-order valence-corrected chi connectivity index (χ4v) is 3.33. The number of aryl methyl sites for hydroxylation is 2. The Morgan fingerprint density at radius 2 is 1.80 bits per heavy atom. The topological polar surface area (TPSA) is 76.7 Å². The van der Waals surface area contributed by atoms with Crippen molar-refractivity contribution in [2.24, 2.45) is 0 Å². The summed E-state index contributed by atoms with van der Waals surface area (Å²) in [5.41, 5.74) is 6.31. The number of rotatable bonds is 6. The van der Waals surface area contributed by atoms with Crippen molar-refractivity contribution in [1.82, 2.24) is 10.9 Å². The molecule has 1 heterocycles. The van der Waals surface area contributed by atoms with E-state index in [0.29, 0.717) is 28.5 Å². The van der Waals surface area contributed by atoms with Gasteiger partial charge < -0.3 is 9.47 Å². The third-order valence-electron chi connectivity index (χ3n) is 3.58. The molecule has 0 fully saturated rings. The van der Waals surface area contributed by atoms with Crippen LogP contribution in [0.4, 0.5) is 0 Å². The molecule has 1 aromatic heterocycles. The molecule has 25 heavy (non-hydrogen) atoms. The number of carbonyl (C=O) groups is 2. The minimum atomic E-state index is -0.430. The van der Waals surface area contributed by atoms with Crippen LogP contribution in [0.15, 0.2) is 24.3 Å². The van der Waals surface area contributed by atoms with Gasteiger partial charge >= 0.3 is 0 Å². The molecule has 0 aliphatic carbocycles. The van der Waals surface area contributed by atoms with E-state index >= 15 is 0 Å². The van der Waals surface area contributed by atoms with E-state index in [4.69, 9.17) is 9.47 Å². The van der Waals surface area contributed by atoms with Crippen LogP contribution in [0.25, 0.3) is 0 Å². The first-order valence-electron chi connectivity index (χ1n) is 8.00. The summed E-state index contributed by atoms with van der Waals surface area (Å²) in [6.07, 6.45) is 0.877. The number of amides is 2. The van der Waals surface area contributed by atoms with Gasteiger partial charge in [-0.1, -0.05) is 6.92 Å². The predicted molar refractivity (Wildman–Crippen MR) is 97.5 cm³/mol. The molecule has 7 heteroatoms. The largest absolute Gasteiger partial charge is 0.493 e. The van der Waals surface area contributed by atoms with Crippen molar-refractivity contribution < 1.29 is 19.1 Å². The summed E-state index contributed by atoms with van der Waals surface area (Å²) in [4.78, 5) is 26.1. The number of hydrogen-bond donors (Lipinski definition) is 2. The van der Waals surface area contributed by atoms with Gasteiger partial charge in [-0.2, -0.15) is 0 Å². The average Bonchev–Trinajstić information content (AvgIpc) is 3.00. The molecule has 2 N–H and O–H groups in total. The van der Waals surface area contributed by atoms with Crippen LogP contribution in [0.2, 0.25) is 0 Å². The molecule has 6 nitrogen and oxygen atoms in total. The van der Waals surface area contributed by atoms with E-state index in [1.54, 1.807) is 18.2 Å². The van der Waals surface area contributed by atoms with Gasteiger partial charge in [0.25, 0.3) is 11.8 Å². The zero-order valence-electron chi connectivity index (χ0n) is 14.8. The van der Waals surface area contributed by atoms with Crippen molar-refractivity contribution >= 4 is 23.2 Å². The Labute approximate surface area is 151 Å². The number of carbonyl (C=O) groups excluding carboxylic acids is 2. The van der Waals surface area contributed by atoms with Gasteiger partial charge in [-0.3, -0.25) is 20.4 Å². The Balaban J connectivity index is 2.04. The smallest absolute Gasteiger partial charge is 0.279 e. The fourth-order valence-electron chi connectivity index (χ4n) is 2.32. The van der Waals surface area contributed by atoms with Crippen LogP contribution in [0.3, 0.4) is 0 Å². The van der Waals surface area contributed by atoms with Crippen LogP contribution in [-0.4, -0.2) is 25.5 Å². The van der Waals surface area contributed by atoms with E-state index in [2.05, 4.69) is 10.9 Å². The summed E-state index contributed by atoms with van der Waals surface area (Å²) in [6, 6.07) is 6.66. The van der Waals surface area contributed by atoms with E-state index in [-0.39, 0.29) is 5.91 Å². The van der Waals surface area contributed by atoms with E-state index in [1.807, 2.05) is 26.8 Å². The summed E-state index contributed by atoms with van der Waals surface area (Å²) in [5, 5.41) is 0. The first-order chi connectivity index (χ1) is 12.0. The standard InChI is InChI=1S/C18H22N2O4S/c1-5-15-11(3)9-16(25-15)18(22)20-19-17(21)12-7-8-13(23-4)14(10-12)24-6-2/h7-10H,5-6H2,1-4H3,(H,19,21)(H,20,22). The third kappa shape index (κ3) is 4.51. The Morgan fingerprint density at radius 1 is 1.08 bits per heavy atom. The molecular weight excluding hydrogens is 340 g/mol. The second-order valence-corrected chi connectivity index (χ2v) is 6.41. The number of hydrazine groups is 1. The normalized spacial score (nSPS) is 10.2. The van der Waals surface area contributed by atoms with Crippen LogP contribution in [0, 0.1) is 6.92 Å². The Bertz CT molecular complexity index is 770. The molecule has 0 aliphatic rings. The number of nitrogens with one attached hydrogen (secondary N) is 2. The highest BCUT2D eigenvalue weighted by molar-refractivity contribution is 7.14. The second kappa shape index (κ2) is 8.53. The van der Waals surface area contributed by atoms with Crippen LogP contribution in [0.5, 0.6) is 11.5 Å². The third-order valence-corrected chi connectivity index (χ3v) is 4.96. The highest BCUT2D eigenvalue weighted by atomic mass is 32.1. The molecule has 1 aromatic carbocycles. The van der Waals surface area contributed by atoms with Crippen LogP contribution >= 0.6 is 11.3 Å². The lowest BCUT2D eigenvalue weighted by molar-refractivity contribution is 0.0848. The zero-order chi connectivity index (χ0) is 18.4. The molecule has 0 radical (unpaired) electrons. The highest BCUT2D eigenvalue weighted by Gasteiger charge is 2.14. The maximum absolute atomic E-state index is 12.2. The lowest BCUT2D eigenvalue weighted by atomic mass is 10.2. The number of benzene rings is 1. The molecular formula is C18H22N2O4S. The zero-order valence-corrected chi connectivity index (χ0v) is 15.6. The molecule has 2 rings (SSSR count). The highest BCUT2D eigenvalue weighted by Crippen LogP contribution is 2.28. The predicted octanol–water partition coefficient (Wildman–Crippen LogP) is 3.10. The summed E-state index contributed by atoms with van der Waals surface area (Å²) in [5.74, 6) is 0.259. The van der Waals surface area contributed by atoms with Gasteiger partial charge in [-0.15, -0.1) is 11.3 Å². The molecule has 0 saturated heterocycles. The van der Waals surface area contributed by atoms with E-state index in [1.165, 1.54) is 18.4 Å². The molecule has 0 atom stereocenters. The number of hydrogen-bond acceptors (Lipinski definition) is 5. The first-order valence-corrected chi connectivity index (χ1v) is 8.82. The summed E-state index contributed by atoms with van der Waals surface area (Å²) >= 11 is 1.43. The Hall–Kier alpha value is -2.54. The first kappa shape index (κ1) is 18.8. The number of thiophene rings is 1. The van der Waals surface area contributed by atoms with Crippen molar-refractivity contribution in [3.8, 4) is 11.5 Å². The van der Waals surface area contributed by atoms with Crippen molar-refractivity contribution in [3.05, 3.63) is 45.1 Å². The average molecular weight is 362 g/mol. The lowest BCUT2D eigenvalue weighted by Crippen LogP contribution is -2.41. The van der Waals surface area contributed by atoms with Gasteiger partial charge in [0, 0.05) is 10.4 Å². The SMILES string of the molecule is CCOc1cc(C(=O)NNC(=O)c2cc(C)c(CC)s2)ccc1OC. The van der Waals surface area contributed by atoms with Crippen molar-refractivity contribution in [1.29, 1.82) is 0 Å². The van der Waals surface area contributed by atoms with Gasteiger partial charge in [0.15, 0.2) is 11.5 Å². The van der Waals surface area contributed by atoms with E-state index in [0.717, 1.165) is 16.9 Å². The van der Waals surface area contributed by atoms with Gasteiger partial charge in [-0.25, -0.2) is 0 Å². The Morgan fingerprint density at radius 3 is 2.40 bits per heavy atom. The Kier molecular flexibility index (Phi) is 6.41. The van der Waals surface area contributed by atoms with Crippen LogP contribution in [-0.2, 0) is 6.42 Å². The van der Waals surface area contributed by atoms with Crippen LogP contribution in [0.1, 0.15) is 44.3 Å². The van der Waals surface area contributed by atoms with E-state index < -0.39 is 5.91 Å². The molecule has 0 unspecified atom stereocenters. The maximum atomic E-state index is 12.2. The van der Waals surface area contributed by atoms with Crippen LogP contribution < -0.4 is 20.3 Å². The van der Waals surface area contributed by atoms with Crippen molar-refractivity contribution in [2.45, 2.75) is 27.2 Å². The summed E-state index contributed by atoms with van der Waals surface area (Å²) in [7, 11) is 1.53. The monoisotopic (exact) mass is 362 g/mol. The van der Waals surface area contributed by atoms with Crippen molar-refractivity contribution in [2.75, 3.05) is 13.7 Å². The minimum absolute atomic E-state index is 0.334. The van der Waals surface area contributed by atoms with Gasteiger partial charge in [-0.05, 0) is 50.1 Å². The maximum Gasteiger partial charge on any atom is 0.279 e. The molecule has 0 aliphatic heterocycles. The fraction of sp³-hybridized carbons (Fsp3) is 0.333. The van der Waals surface area contributed by atoms with Gasteiger partial charge in [0.1, 0.15) is 0 Å². The van der Waals surface area contributed by atoms with Crippen molar-refractivity contribution in [3.63, 3.8) is 0 Å². The number of methoxy groups -OCH3 is 1. The molecule has 0 bridgehead atoms. The van der Waals surface area contributed by atoms with Gasteiger partial charge in [0.05, 0.1) is 18.6 Å². The summed E-state index contributed by atoms with van der Waals surface area (Å²) < 4.78 is 10.6. The molecule has 0 spiro atoms. The van der Waals surface area contributed by atoms with Gasteiger partial charge in [0.2, 0.25) is 0 Å². The summed E-state index contributed by atoms with van der Waals surface area (Å²) in [6.45, 7) is 6.31. The number of ether oxygens (including phenoxy) is 2. The second-order valence-electron chi connectivity index (χ2n) is 5.28. The minimum Gasteiger partial charge on any atom is -0.493 e. The lowest BCUT2D eigenvalue weighted by Gasteiger charge is -2.11. The molecule has 134 valence electrons.